The molecule has 1 heterocycles. The number of nitrogens with one attached hydrogen (secondary N) is 1. The molecule has 1 aromatic heterocycles. The molecule has 21 heavy (non-hydrogen) atoms. The minimum absolute atomic E-state index is 0.000810. The second-order valence-corrected chi connectivity index (χ2v) is 6.48. The van der Waals surface area contributed by atoms with Crippen LogP contribution >= 0.6 is 31.9 Å². The van der Waals surface area contributed by atoms with Crippen molar-refractivity contribution in [2.24, 2.45) is 0 Å². The summed E-state index contributed by atoms with van der Waals surface area (Å²) in [5.41, 5.74) is 2.18. The van der Waals surface area contributed by atoms with Gasteiger partial charge in [-0.2, -0.15) is 5.10 Å². The van der Waals surface area contributed by atoms with Crippen molar-refractivity contribution in [3.63, 3.8) is 0 Å². The third-order valence-corrected chi connectivity index (χ3v) is 4.55. The monoisotopic (exact) mass is 415 g/mol. The zero-order chi connectivity index (χ0) is 15.4. The van der Waals surface area contributed by atoms with Crippen LogP contribution in [0.25, 0.3) is 0 Å². The predicted molar refractivity (Wildman–Crippen MR) is 91.8 cm³/mol. The Morgan fingerprint density at radius 2 is 2.14 bits per heavy atom. The van der Waals surface area contributed by atoms with E-state index in [1.54, 1.807) is 13.3 Å². The molecule has 0 spiro atoms. The lowest BCUT2D eigenvalue weighted by Crippen LogP contribution is -2.22. The first kappa shape index (κ1) is 16.5. The third-order valence-electron chi connectivity index (χ3n) is 3.33. The van der Waals surface area contributed by atoms with Crippen molar-refractivity contribution in [3.05, 3.63) is 44.6 Å². The number of hydrogen-bond acceptors (Lipinski definition) is 3. The van der Waals surface area contributed by atoms with Crippen molar-refractivity contribution in [2.75, 3.05) is 14.2 Å². The van der Waals surface area contributed by atoms with E-state index in [-0.39, 0.29) is 6.04 Å². The zero-order valence-corrected chi connectivity index (χ0v) is 15.5. The zero-order valence-electron chi connectivity index (χ0n) is 12.4. The van der Waals surface area contributed by atoms with Crippen molar-refractivity contribution in [1.29, 1.82) is 0 Å². The van der Waals surface area contributed by atoms with E-state index in [4.69, 9.17) is 4.74 Å². The maximum absolute atomic E-state index is 5.50. The summed E-state index contributed by atoms with van der Waals surface area (Å²) in [6.07, 6.45) is 2.80. The lowest BCUT2D eigenvalue weighted by molar-refractivity contribution is 0.400. The maximum Gasteiger partial charge on any atom is 0.161 e. The summed E-state index contributed by atoms with van der Waals surface area (Å²) in [4.78, 5) is 0. The van der Waals surface area contributed by atoms with Gasteiger partial charge in [0.05, 0.1) is 19.3 Å². The molecule has 0 aliphatic carbocycles. The first-order chi connectivity index (χ1) is 10.1. The number of nitrogens with zero attached hydrogens (tertiary/aromatic N) is 2. The summed E-state index contributed by atoms with van der Waals surface area (Å²) >= 11 is 7.18. The van der Waals surface area contributed by atoms with Crippen LogP contribution in [0.4, 0.5) is 0 Å². The lowest BCUT2D eigenvalue weighted by atomic mass is 10.0. The number of ether oxygens (including phenoxy) is 1. The molecule has 1 atom stereocenters. The average molecular weight is 417 g/mol. The molecule has 0 radical (unpaired) electrons. The van der Waals surface area contributed by atoms with Crippen LogP contribution in [-0.2, 0) is 6.54 Å². The van der Waals surface area contributed by atoms with E-state index >= 15 is 0 Å². The molecule has 0 aliphatic heterocycles. The number of halogens is 2. The van der Waals surface area contributed by atoms with Gasteiger partial charge in [0.1, 0.15) is 5.69 Å². The fraction of sp³-hybridized carbons (Fsp3) is 0.400. The number of aromatic nitrogens is 2. The Labute approximate surface area is 142 Å². The van der Waals surface area contributed by atoms with E-state index in [1.165, 1.54) is 0 Å². The van der Waals surface area contributed by atoms with Gasteiger partial charge in [-0.3, -0.25) is 4.68 Å². The van der Waals surface area contributed by atoms with Crippen LogP contribution in [0.1, 0.15) is 30.6 Å². The smallest absolute Gasteiger partial charge is 0.161 e. The molecule has 114 valence electrons. The highest BCUT2D eigenvalue weighted by Gasteiger charge is 2.24. The van der Waals surface area contributed by atoms with E-state index in [2.05, 4.69) is 55.3 Å². The maximum atomic E-state index is 5.50. The van der Waals surface area contributed by atoms with Gasteiger partial charge >= 0.3 is 0 Å². The molecule has 1 aromatic carbocycles. The van der Waals surface area contributed by atoms with Crippen molar-refractivity contribution in [2.45, 2.75) is 25.9 Å². The Bertz CT molecular complexity index is 613. The fourth-order valence-corrected chi connectivity index (χ4v) is 3.25. The molecule has 0 bridgehead atoms. The van der Waals surface area contributed by atoms with Gasteiger partial charge in [-0.25, -0.2) is 0 Å². The first-order valence-electron chi connectivity index (χ1n) is 6.84. The summed E-state index contributed by atoms with van der Waals surface area (Å²) in [7, 11) is 3.63. The number of methoxy groups -OCH3 is 1. The number of benzene rings is 1. The van der Waals surface area contributed by atoms with Crippen LogP contribution in [-0.4, -0.2) is 23.9 Å². The topological polar surface area (TPSA) is 39.1 Å². The van der Waals surface area contributed by atoms with Crippen LogP contribution in [0.3, 0.4) is 0 Å². The van der Waals surface area contributed by atoms with Crippen molar-refractivity contribution < 1.29 is 4.74 Å². The van der Waals surface area contributed by atoms with Crippen LogP contribution in [0.2, 0.25) is 0 Å². The van der Waals surface area contributed by atoms with Gasteiger partial charge < -0.3 is 10.1 Å². The Morgan fingerprint density at radius 1 is 1.38 bits per heavy atom. The van der Waals surface area contributed by atoms with Crippen molar-refractivity contribution >= 4 is 31.9 Å². The number of rotatable bonds is 6. The van der Waals surface area contributed by atoms with Crippen LogP contribution in [0.5, 0.6) is 5.75 Å². The predicted octanol–water partition coefficient (Wildman–Crippen LogP) is 4.14. The molecule has 0 amide bonds. The first-order valence-corrected chi connectivity index (χ1v) is 8.42. The van der Waals surface area contributed by atoms with Gasteiger partial charge in [0.15, 0.2) is 5.75 Å². The minimum Gasteiger partial charge on any atom is -0.493 e. The average Bonchev–Trinajstić information content (AvgIpc) is 2.87. The number of aryl methyl sites for hydroxylation is 1. The Hall–Kier alpha value is -0.850. The summed E-state index contributed by atoms with van der Waals surface area (Å²) in [5, 5.41) is 7.82. The Kier molecular flexibility index (Phi) is 5.84. The second kappa shape index (κ2) is 7.42. The summed E-state index contributed by atoms with van der Waals surface area (Å²) < 4.78 is 9.60. The van der Waals surface area contributed by atoms with E-state index in [0.29, 0.717) is 0 Å². The molecule has 0 aliphatic rings. The number of hydrogen-bond donors (Lipinski definition) is 1. The fourth-order valence-electron chi connectivity index (χ4n) is 2.39. The summed E-state index contributed by atoms with van der Waals surface area (Å²) in [6, 6.07) is 6.16. The normalized spacial score (nSPS) is 12.4. The SMILES string of the molecule is CCCn1ncc(OC)c1C(NC)c1cc(Br)ccc1Br. The third kappa shape index (κ3) is 3.49. The van der Waals surface area contributed by atoms with Crippen molar-refractivity contribution in [1.82, 2.24) is 15.1 Å². The Balaban J connectivity index is 2.55. The summed E-state index contributed by atoms with van der Waals surface area (Å²) in [5.74, 6) is 0.801. The van der Waals surface area contributed by atoms with Gasteiger partial charge in [-0.15, -0.1) is 0 Å². The molecule has 0 fully saturated rings. The molecule has 4 nitrogen and oxygen atoms in total. The van der Waals surface area contributed by atoms with Gasteiger partial charge in [-0.05, 0) is 37.2 Å². The quantitative estimate of drug-likeness (QED) is 0.769. The summed E-state index contributed by atoms with van der Waals surface area (Å²) in [6.45, 7) is 3.00. The molecular weight excluding hydrogens is 398 g/mol. The molecule has 1 unspecified atom stereocenters. The molecule has 6 heteroatoms. The highest BCUT2D eigenvalue weighted by Crippen LogP contribution is 2.35. The van der Waals surface area contributed by atoms with Crippen molar-refractivity contribution in [3.8, 4) is 5.75 Å². The molecule has 1 N–H and O–H groups in total. The van der Waals surface area contributed by atoms with Gasteiger partial charge in [0.25, 0.3) is 0 Å². The lowest BCUT2D eigenvalue weighted by Gasteiger charge is -2.21. The van der Waals surface area contributed by atoms with Gasteiger partial charge in [0.2, 0.25) is 0 Å². The molecule has 2 rings (SSSR count). The van der Waals surface area contributed by atoms with Gasteiger partial charge in [0, 0.05) is 15.5 Å². The molecular formula is C15H19Br2N3O. The van der Waals surface area contributed by atoms with Gasteiger partial charge in [-0.1, -0.05) is 38.8 Å². The molecule has 2 aromatic rings. The second-order valence-electron chi connectivity index (χ2n) is 4.71. The van der Waals surface area contributed by atoms with Crippen LogP contribution in [0.15, 0.2) is 33.3 Å². The van der Waals surface area contributed by atoms with E-state index in [9.17, 15) is 0 Å². The van der Waals surface area contributed by atoms with Crippen LogP contribution in [0, 0.1) is 0 Å². The van der Waals surface area contributed by atoms with Crippen LogP contribution < -0.4 is 10.1 Å². The largest absolute Gasteiger partial charge is 0.493 e. The Morgan fingerprint density at radius 3 is 2.76 bits per heavy atom. The highest BCUT2D eigenvalue weighted by atomic mass is 79.9. The standard InChI is InChI=1S/C15H19Br2N3O/c1-4-7-20-15(13(21-3)9-19-20)14(18-2)11-8-10(16)5-6-12(11)17/h5-6,8-9,14,18H,4,7H2,1-3H3. The molecule has 0 saturated carbocycles. The van der Waals surface area contributed by atoms with E-state index in [1.807, 2.05) is 23.9 Å². The van der Waals surface area contributed by atoms with E-state index < -0.39 is 0 Å². The minimum atomic E-state index is 0.000810. The molecule has 0 saturated heterocycles. The van der Waals surface area contributed by atoms with E-state index in [0.717, 1.165) is 38.9 Å². The highest BCUT2D eigenvalue weighted by molar-refractivity contribution is 9.11.